The van der Waals surface area contributed by atoms with Gasteiger partial charge in [-0.15, -0.1) is 0 Å². The molecule has 0 radical (unpaired) electrons. The Bertz CT molecular complexity index is 427. The number of nitro groups is 1. The molecule has 0 N–H and O–H groups in total. The van der Waals surface area contributed by atoms with Crippen LogP contribution < -0.4 is 4.74 Å². The van der Waals surface area contributed by atoms with Gasteiger partial charge in [0.2, 0.25) is 5.70 Å². The highest BCUT2D eigenvalue weighted by Gasteiger charge is 2.02. The van der Waals surface area contributed by atoms with E-state index in [0.717, 1.165) is 30.6 Å². The zero-order chi connectivity index (χ0) is 13.4. The molecule has 4 nitrogen and oxygen atoms in total. The maximum atomic E-state index is 10.5. The summed E-state index contributed by atoms with van der Waals surface area (Å²) in [4.78, 5) is 10.1. The van der Waals surface area contributed by atoms with Crippen LogP contribution in [0.25, 0.3) is 6.08 Å². The lowest BCUT2D eigenvalue weighted by Gasteiger charge is -2.06. The Hall–Kier alpha value is -1.84. The molecule has 0 saturated heterocycles. The second-order valence-corrected chi connectivity index (χ2v) is 4.17. The zero-order valence-electron chi connectivity index (χ0n) is 10.9. The van der Waals surface area contributed by atoms with Gasteiger partial charge in [0.25, 0.3) is 0 Å². The molecule has 0 bridgehead atoms. The Balaban J connectivity index is 2.62. The van der Waals surface area contributed by atoms with Gasteiger partial charge in [-0.05, 0) is 24.1 Å². The maximum Gasteiger partial charge on any atom is 0.243 e. The van der Waals surface area contributed by atoms with Crippen LogP contribution in [0.2, 0.25) is 0 Å². The van der Waals surface area contributed by atoms with E-state index in [2.05, 4.69) is 6.92 Å². The van der Waals surface area contributed by atoms with Crippen molar-refractivity contribution < 1.29 is 9.66 Å². The number of rotatable bonds is 7. The molecule has 18 heavy (non-hydrogen) atoms. The number of ether oxygens (including phenoxy) is 1. The fraction of sp³-hybridized carbons (Fsp3) is 0.429. The molecule has 0 fully saturated rings. The average molecular weight is 249 g/mol. The quantitative estimate of drug-likeness (QED) is 0.418. The summed E-state index contributed by atoms with van der Waals surface area (Å²) >= 11 is 0. The van der Waals surface area contributed by atoms with Crippen molar-refractivity contribution in [1.82, 2.24) is 0 Å². The monoisotopic (exact) mass is 249 g/mol. The molecule has 1 rings (SSSR count). The smallest absolute Gasteiger partial charge is 0.243 e. The number of nitrogens with zero attached hydrogens (tertiary/aromatic N) is 1. The van der Waals surface area contributed by atoms with E-state index in [1.54, 1.807) is 6.08 Å². The second-order valence-electron chi connectivity index (χ2n) is 4.17. The summed E-state index contributed by atoms with van der Waals surface area (Å²) in [7, 11) is 0. The molecule has 0 aliphatic carbocycles. The van der Waals surface area contributed by atoms with E-state index in [1.807, 2.05) is 24.3 Å². The zero-order valence-corrected chi connectivity index (χ0v) is 10.9. The molecular formula is C14H19NO3. The third-order valence-corrected chi connectivity index (χ3v) is 2.54. The number of unbranched alkanes of at least 4 members (excludes halogenated alkanes) is 2. The lowest BCUT2D eigenvalue weighted by atomic mass is 10.2. The molecule has 98 valence electrons. The fourth-order valence-corrected chi connectivity index (χ4v) is 1.53. The predicted molar refractivity (Wildman–Crippen MR) is 72.1 cm³/mol. The number of hydrogen-bond donors (Lipinski definition) is 0. The van der Waals surface area contributed by atoms with Crippen molar-refractivity contribution in [3.63, 3.8) is 0 Å². The topological polar surface area (TPSA) is 52.4 Å². The van der Waals surface area contributed by atoms with E-state index in [-0.39, 0.29) is 5.70 Å². The molecule has 0 aliphatic heterocycles. The van der Waals surface area contributed by atoms with E-state index >= 15 is 0 Å². The van der Waals surface area contributed by atoms with Crippen molar-refractivity contribution in [3.05, 3.63) is 45.6 Å². The van der Waals surface area contributed by atoms with E-state index in [0.29, 0.717) is 6.61 Å². The summed E-state index contributed by atoms with van der Waals surface area (Å²) in [5.41, 5.74) is 0.912. The number of benzene rings is 1. The van der Waals surface area contributed by atoms with Gasteiger partial charge in [0.05, 0.1) is 11.5 Å². The normalized spacial score (nSPS) is 11.3. The van der Waals surface area contributed by atoms with Crippen molar-refractivity contribution in [2.75, 3.05) is 6.61 Å². The Morgan fingerprint density at radius 1 is 1.44 bits per heavy atom. The summed E-state index contributed by atoms with van der Waals surface area (Å²) in [5, 5.41) is 10.5. The first-order chi connectivity index (χ1) is 8.63. The van der Waals surface area contributed by atoms with Gasteiger partial charge in [0.1, 0.15) is 5.75 Å². The highest BCUT2D eigenvalue weighted by atomic mass is 16.6. The third-order valence-electron chi connectivity index (χ3n) is 2.54. The lowest BCUT2D eigenvalue weighted by molar-refractivity contribution is -0.422. The van der Waals surface area contributed by atoms with Crippen LogP contribution in [0.4, 0.5) is 0 Å². The van der Waals surface area contributed by atoms with E-state index < -0.39 is 4.92 Å². The summed E-state index contributed by atoms with van der Waals surface area (Å²) in [6.45, 7) is 4.32. The predicted octanol–water partition coefficient (Wildman–Crippen LogP) is 3.89. The molecule has 1 aromatic carbocycles. The van der Waals surface area contributed by atoms with Gasteiger partial charge in [0.15, 0.2) is 0 Å². The lowest BCUT2D eigenvalue weighted by Crippen LogP contribution is -1.97. The first kappa shape index (κ1) is 14.2. The Kier molecular flexibility index (Phi) is 5.91. The van der Waals surface area contributed by atoms with Crippen LogP contribution in [0.15, 0.2) is 30.0 Å². The second kappa shape index (κ2) is 7.48. The molecule has 4 heteroatoms. The van der Waals surface area contributed by atoms with Gasteiger partial charge in [-0.3, -0.25) is 10.1 Å². The van der Waals surface area contributed by atoms with Crippen LogP contribution in [-0.2, 0) is 0 Å². The van der Waals surface area contributed by atoms with Crippen LogP contribution in [0.1, 0.15) is 38.7 Å². The van der Waals surface area contributed by atoms with Gasteiger partial charge in [-0.1, -0.05) is 31.9 Å². The van der Waals surface area contributed by atoms with Gasteiger partial charge in [-0.2, -0.15) is 0 Å². The Morgan fingerprint density at radius 2 is 2.22 bits per heavy atom. The molecule has 0 unspecified atom stereocenters. The Labute approximate surface area is 107 Å². The highest BCUT2D eigenvalue weighted by molar-refractivity contribution is 5.52. The molecule has 0 atom stereocenters. The molecule has 1 aromatic rings. The average Bonchev–Trinajstić information content (AvgIpc) is 2.35. The summed E-state index contributed by atoms with van der Waals surface area (Å²) in [6, 6.07) is 7.35. The fourth-order valence-electron chi connectivity index (χ4n) is 1.53. The van der Waals surface area contributed by atoms with Crippen LogP contribution >= 0.6 is 0 Å². The third kappa shape index (κ3) is 4.99. The summed E-state index contributed by atoms with van der Waals surface area (Å²) < 4.78 is 5.59. The van der Waals surface area contributed by atoms with Crippen molar-refractivity contribution in [2.24, 2.45) is 0 Å². The molecule has 0 saturated carbocycles. The minimum absolute atomic E-state index is 0.123. The molecule has 0 aliphatic rings. The van der Waals surface area contributed by atoms with E-state index in [9.17, 15) is 10.1 Å². The summed E-state index contributed by atoms with van der Waals surface area (Å²) in [5.74, 6) is 0.760. The van der Waals surface area contributed by atoms with Crippen LogP contribution in [0.3, 0.4) is 0 Å². The van der Waals surface area contributed by atoms with Crippen molar-refractivity contribution in [2.45, 2.75) is 33.1 Å². The van der Waals surface area contributed by atoms with Gasteiger partial charge in [0, 0.05) is 13.0 Å². The van der Waals surface area contributed by atoms with Crippen molar-refractivity contribution in [3.8, 4) is 5.75 Å². The molecule has 0 spiro atoms. The molecule has 0 aromatic heterocycles. The Morgan fingerprint density at radius 3 is 2.89 bits per heavy atom. The van der Waals surface area contributed by atoms with Crippen molar-refractivity contribution in [1.29, 1.82) is 0 Å². The number of hydrogen-bond acceptors (Lipinski definition) is 3. The first-order valence-corrected chi connectivity index (χ1v) is 6.19. The molecular weight excluding hydrogens is 230 g/mol. The van der Waals surface area contributed by atoms with Crippen LogP contribution in [-0.4, -0.2) is 11.5 Å². The van der Waals surface area contributed by atoms with Crippen molar-refractivity contribution >= 4 is 6.08 Å². The van der Waals surface area contributed by atoms with E-state index in [4.69, 9.17) is 4.74 Å². The van der Waals surface area contributed by atoms with E-state index in [1.165, 1.54) is 6.92 Å². The SMILES string of the molecule is CCCCCOc1cccc(/C=C(\C)[N+](=O)[O-])c1. The molecule has 0 heterocycles. The minimum Gasteiger partial charge on any atom is -0.494 e. The van der Waals surface area contributed by atoms with Gasteiger partial charge in [-0.25, -0.2) is 0 Å². The number of allylic oxidation sites excluding steroid dienone is 1. The summed E-state index contributed by atoms with van der Waals surface area (Å²) in [6.07, 6.45) is 4.89. The standard InChI is InChI=1S/C14H19NO3/c1-3-4-5-9-18-14-8-6-7-13(11-14)10-12(2)15(16)17/h6-8,10-11H,3-5,9H2,1-2H3/b12-10+. The van der Waals surface area contributed by atoms with Gasteiger partial charge < -0.3 is 4.74 Å². The van der Waals surface area contributed by atoms with Crippen LogP contribution in [0, 0.1) is 10.1 Å². The highest BCUT2D eigenvalue weighted by Crippen LogP contribution is 2.16. The van der Waals surface area contributed by atoms with Crippen LogP contribution in [0.5, 0.6) is 5.75 Å². The minimum atomic E-state index is -0.394. The first-order valence-electron chi connectivity index (χ1n) is 6.19. The largest absolute Gasteiger partial charge is 0.494 e. The van der Waals surface area contributed by atoms with Gasteiger partial charge >= 0.3 is 0 Å². The molecule has 0 amide bonds. The maximum absolute atomic E-state index is 10.5.